The molecule has 0 aromatic heterocycles. The Hall–Kier alpha value is -0.789. The summed E-state index contributed by atoms with van der Waals surface area (Å²) in [5.41, 5.74) is 0. The van der Waals surface area contributed by atoms with Crippen LogP contribution in [-0.4, -0.2) is 29.8 Å². The lowest BCUT2D eigenvalue weighted by Crippen LogP contribution is -2.21. The van der Waals surface area contributed by atoms with Crippen LogP contribution in [0.2, 0.25) is 19.6 Å². The largest absolute Gasteiger partial charge is 0.558 e. The maximum absolute atomic E-state index is 5.36. The standard InChI is InChI=1S/C7H14OSi.C4H8OSi.H4Si/c1-5-6-7-8-9(2,3)4;1-2-3-4-5-6;/h5-7H,1H2,2-4H3;2-4H,1H2,6H3;1H4. The summed E-state index contributed by atoms with van der Waals surface area (Å²) in [6.45, 7) is 13.4. The van der Waals surface area contributed by atoms with Crippen LogP contribution in [0.1, 0.15) is 0 Å². The predicted octanol–water partition coefficient (Wildman–Crippen LogP) is 1.07. The Labute approximate surface area is 108 Å². The monoisotopic (exact) mass is 274 g/mol. The van der Waals surface area contributed by atoms with Gasteiger partial charge in [0.05, 0.1) is 12.5 Å². The summed E-state index contributed by atoms with van der Waals surface area (Å²) >= 11 is 0. The summed E-state index contributed by atoms with van der Waals surface area (Å²) in [7, 11) is -0.560. The van der Waals surface area contributed by atoms with Crippen molar-refractivity contribution < 1.29 is 8.85 Å². The lowest BCUT2D eigenvalue weighted by Gasteiger charge is -2.13. The maximum atomic E-state index is 5.36. The highest BCUT2D eigenvalue weighted by Crippen LogP contribution is 2.01. The van der Waals surface area contributed by atoms with Crippen LogP contribution in [0.15, 0.2) is 50.0 Å². The fourth-order valence-corrected chi connectivity index (χ4v) is 1.08. The average molecular weight is 275 g/mol. The number of rotatable bonds is 5. The first-order valence-corrected chi connectivity index (χ1v) is 8.96. The third-order valence-corrected chi connectivity index (χ3v) is 2.10. The van der Waals surface area contributed by atoms with Crippen molar-refractivity contribution in [3.8, 4) is 0 Å². The van der Waals surface area contributed by atoms with Gasteiger partial charge in [-0.3, -0.25) is 0 Å². The molecule has 0 saturated heterocycles. The molecule has 0 heterocycles. The molecule has 0 aromatic rings. The molecule has 0 N–H and O–H groups in total. The molecule has 0 unspecified atom stereocenters. The number of allylic oxidation sites excluding steroid dienone is 4. The van der Waals surface area contributed by atoms with E-state index in [-0.39, 0.29) is 11.0 Å². The SMILES string of the molecule is C=CC=CO[SiH3].C=CC=CO[Si](C)(C)C.[SiH4]. The molecule has 0 aromatic carbocycles. The molecule has 0 aliphatic heterocycles. The van der Waals surface area contributed by atoms with Crippen LogP contribution in [0.5, 0.6) is 0 Å². The van der Waals surface area contributed by atoms with E-state index < -0.39 is 8.32 Å². The summed E-state index contributed by atoms with van der Waals surface area (Å²) < 4.78 is 10.0. The average Bonchev–Trinajstić information content (AvgIpc) is 2.14. The lowest BCUT2D eigenvalue weighted by atomic mass is 10.6. The molecule has 0 atom stereocenters. The van der Waals surface area contributed by atoms with Gasteiger partial charge in [-0.25, -0.2) is 0 Å². The van der Waals surface area contributed by atoms with Crippen LogP contribution in [-0.2, 0) is 8.85 Å². The van der Waals surface area contributed by atoms with Crippen LogP contribution >= 0.6 is 0 Å². The fourth-order valence-electron chi connectivity index (χ4n) is 0.433. The van der Waals surface area contributed by atoms with Gasteiger partial charge in [0, 0.05) is 0 Å². The first-order valence-electron chi connectivity index (χ1n) is 4.73. The Morgan fingerprint density at radius 2 is 1.44 bits per heavy atom. The third kappa shape index (κ3) is 29.2. The van der Waals surface area contributed by atoms with E-state index in [0.717, 1.165) is 10.5 Å². The zero-order chi connectivity index (χ0) is 12.2. The number of hydrogen-bond acceptors (Lipinski definition) is 2. The van der Waals surface area contributed by atoms with Gasteiger partial charge in [-0.2, -0.15) is 0 Å². The minimum Gasteiger partial charge on any atom is -0.558 e. The number of hydrogen-bond donors (Lipinski definition) is 0. The molecule has 0 spiro atoms. The normalized spacial score (nSPS) is 10.2. The van der Waals surface area contributed by atoms with Crippen molar-refractivity contribution in [1.29, 1.82) is 0 Å². The van der Waals surface area contributed by atoms with E-state index in [0.29, 0.717) is 0 Å². The summed E-state index contributed by atoms with van der Waals surface area (Å²) in [5, 5.41) is 0. The summed E-state index contributed by atoms with van der Waals surface area (Å²) in [4.78, 5) is 0. The molecular weight excluding hydrogens is 248 g/mol. The molecule has 94 valence electrons. The molecule has 16 heavy (non-hydrogen) atoms. The van der Waals surface area contributed by atoms with Crippen molar-refractivity contribution in [2.24, 2.45) is 0 Å². The van der Waals surface area contributed by atoms with E-state index in [1.807, 2.05) is 0 Å². The molecule has 0 amide bonds. The smallest absolute Gasteiger partial charge is 0.241 e. The molecule has 0 bridgehead atoms. The molecule has 0 rings (SSSR count). The predicted molar refractivity (Wildman–Crippen MR) is 85.5 cm³/mol. The van der Waals surface area contributed by atoms with Gasteiger partial charge >= 0.3 is 0 Å². The van der Waals surface area contributed by atoms with Crippen molar-refractivity contribution in [1.82, 2.24) is 0 Å². The zero-order valence-corrected chi connectivity index (χ0v) is 13.2. The first kappa shape index (κ1) is 20.6. The van der Waals surface area contributed by atoms with Crippen molar-refractivity contribution in [3.05, 3.63) is 50.0 Å². The molecule has 0 saturated carbocycles. The Bertz CT molecular complexity index is 218. The van der Waals surface area contributed by atoms with Crippen molar-refractivity contribution in [2.75, 3.05) is 0 Å². The molecule has 0 aliphatic rings. The van der Waals surface area contributed by atoms with Crippen LogP contribution in [0.3, 0.4) is 0 Å². The summed E-state index contributed by atoms with van der Waals surface area (Å²) in [6, 6.07) is 0. The summed E-state index contributed by atoms with van der Waals surface area (Å²) in [6.07, 6.45) is 10.3. The topological polar surface area (TPSA) is 18.5 Å². The van der Waals surface area contributed by atoms with E-state index in [2.05, 4.69) is 37.2 Å². The molecular formula is C11H26O2Si3. The highest BCUT2D eigenvalue weighted by atomic mass is 28.4. The van der Waals surface area contributed by atoms with Gasteiger partial charge in [-0.15, -0.1) is 0 Å². The molecule has 0 aliphatic carbocycles. The van der Waals surface area contributed by atoms with Gasteiger partial charge in [0.15, 0.2) is 0 Å². The first-order chi connectivity index (χ1) is 6.97. The Balaban J connectivity index is -0.000000214. The Morgan fingerprint density at radius 1 is 1.00 bits per heavy atom. The van der Waals surface area contributed by atoms with Gasteiger partial charge in [0.2, 0.25) is 18.8 Å². The Kier molecular flexibility index (Phi) is 18.3. The van der Waals surface area contributed by atoms with E-state index in [9.17, 15) is 0 Å². The van der Waals surface area contributed by atoms with Crippen LogP contribution < -0.4 is 0 Å². The molecule has 5 heteroatoms. The lowest BCUT2D eigenvalue weighted by molar-refractivity contribution is 0.479. The Morgan fingerprint density at radius 3 is 1.69 bits per heavy atom. The third-order valence-electron chi connectivity index (χ3n) is 0.987. The van der Waals surface area contributed by atoms with Gasteiger partial charge in [-0.1, -0.05) is 25.3 Å². The van der Waals surface area contributed by atoms with Crippen LogP contribution in [0.25, 0.3) is 0 Å². The minimum atomic E-state index is -1.33. The van der Waals surface area contributed by atoms with Gasteiger partial charge in [-0.05, 0) is 42.8 Å². The highest BCUT2D eigenvalue weighted by molar-refractivity contribution is 6.69. The van der Waals surface area contributed by atoms with Gasteiger partial charge in [0.1, 0.15) is 0 Å². The van der Waals surface area contributed by atoms with Crippen LogP contribution in [0.4, 0.5) is 0 Å². The maximum Gasteiger partial charge on any atom is 0.241 e. The second-order valence-corrected chi connectivity index (χ2v) is 8.53. The highest BCUT2D eigenvalue weighted by Gasteiger charge is 2.12. The van der Waals surface area contributed by atoms with Gasteiger partial charge in [0.25, 0.3) is 0 Å². The van der Waals surface area contributed by atoms with Crippen LogP contribution in [0, 0.1) is 0 Å². The quantitative estimate of drug-likeness (QED) is 0.424. The van der Waals surface area contributed by atoms with Crippen molar-refractivity contribution in [3.63, 3.8) is 0 Å². The second kappa shape index (κ2) is 14.2. The molecule has 0 fully saturated rings. The van der Waals surface area contributed by atoms with Crippen molar-refractivity contribution in [2.45, 2.75) is 19.6 Å². The van der Waals surface area contributed by atoms with E-state index in [1.165, 1.54) is 0 Å². The van der Waals surface area contributed by atoms with E-state index in [4.69, 9.17) is 4.43 Å². The zero-order valence-electron chi connectivity index (χ0n) is 10.2. The second-order valence-electron chi connectivity index (χ2n) is 3.59. The summed E-state index contributed by atoms with van der Waals surface area (Å²) in [5.74, 6) is 0. The minimum absolute atomic E-state index is 0. The van der Waals surface area contributed by atoms with Crippen molar-refractivity contribution >= 4 is 29.8 Å². The van der Waals surface area contributed by atoms with E-state index in [1.54, 1.807) is 36.8 Å². The van der Waals surface area contributed by atoms with E-state index >= 15 is 0 Å². The van der Waals surface area contributed by atoms with Gasteiger partial charge < -0.3 is 8.85 Å². The molecule has 2 nitrogen and oxygen atoms in total. The molecule has 0 radical (unpaired) electrons. The fraction of sp³-hybridized carbons (Fsp3) is 0.273.